The number of aliphatic hydroxyl groups excluding tert-OH is 1. The van der Waals surface area contributed by atoms with E-state index >= 15 is 0 Å². The summed E-state index contributed by atoms with van der Waals surface area (Å²) in [6.45, 7) is 12.2. The van der Waals surface area contributed by atoms with Gasteiger partial charge >= 0.3 is 6.09 Å². The van der Waals surface area contributed by atoms with Gasteiger partial charge in [0.05, 0.1) is 6.61 Å². The molecule has 3 N–H and O–H groups in total. The average molecular weight is 450 g/mol. The van der Waals surface area contributed by atoms with Crippen molar-refractivity contribution in [3.63, 3.8) is 0 Å². The van der Waals surface area contributed by atoms with Crippen molar-refractivity contribution in [1.29, 1.82) is 0 Å². The molecular weight excluding hydrogens is 410 g/mol. The summed E-state index contributed by atoms with van der Waals surface area (Å²) in [7, 11) is 0. The average Bonchev–Trinajstić information content (AvgIpc) is 2.67. The summed E-state index contributed by atoms with van der Waals surface area (Å²) in [5.41, 5.74) is 0.938. The molecule has 8 heteroatoms. The summed E-state index contributed by atoms with van der Waals surface area (Å²) < 4.78 is 5.23. The number of carbonyl (C=O) groups excluding carboxylic acids is 3. The number of ether oxygens (including phenoxy) is 1. The zero-order valence-electron chi connectivity index (χ0n) is 20.4. The quantitative estimate of drug-likeness (QED) is 0.509. The highest BCUT2D eigenvalue weighted by molar-refractivity contribution is 5.92. The van der Waals surface area contributed by atoms with Crippen LogP contribution in [0.1, 0.15) is 71.6 Å². The van der Waals surface area contributed by atoms with Gasteiger partial charge in [0.15, 0.2) is 0 Å². The van der Waals surface area contributed by atoms with Gasteiger partial charge in [0.1, 0.15) is 17.7 Å². The van der Waals surface area contributed by atoms with Crippen LogP contribution < -0.4 is 10.6 Å². The SMILES string of the molecule is CCCC(C)NC(=O)C(c1ccc(C)cc1)N(CCO)C(=O)C(C)NC(=O)OC(C)(C)C. The number of hydrogen-bond donors (Lipinski definition) is 3. The Hall–Kier alpha value is -2.61. The molecule has 3 amide bonds. The van der Waals surface area contributed by atoms with E-state index < -0.39 is 29.7 Å². The standard InChI is InChI=1S/C24H39N3O5/c1-8-9-17(3)25-21(29)20(19-12-10-16(2)11-13-19)27(14-15-28)22(30)18(4)26-23(31)32-24(5,6)7/h10-13,17-18,20,28H,8-9,14-15H2,1-7H3,(H,25,29)(H,26,31). The molecule has 1 rings (SSSR count). The topological polar surface area (TPSA) is 108 Å². The van der Waals surface area contributed by atoms with Gasteiger partial charge in [0.25, 0.3) is 0 Å². The summed E-state index contributed by atoms with van der Waals surface area (Å²) in [5.74, 6) is -0.824. The molecule has 1 aromatic rings. The van der Waals surface area contributed by atoms with E-state index in [2.05, 4.69) is 10.6 Å². The van der Waals surface area contributed by atoms with Crippen molar-refractivity contribution in [2.45, 2.75) is 85.0 Å². The predicted molar refractivity (Wildman–Crippen MR) is 124 cm³/mol. The van der Waals surface area contributed by atoms with Gasteiger partial charge in [-0.1, -0.05) is 43.2 Å². The van der Waals surface area contributed by atoms with E-state index in [0.717, 1.165) is 18.4 Å². The Morgan fingerprint density at radius 2 is 1.69 bits per heavy atom. The first-order chi connectivity index (χ1) is 14.9. The number of alkyl carbamates (subject to hydrolysis) is 1. The fraction of sp³-hybridized carbons (Fsp3) is 0.625. The highest BCUT2D eigenvalue weighted by Crippen LogP contribution is 2.23. The van der Waals surface area contributed by atoms with Crippen molar-refractivity contribution in [2.24, 2.45) is 0 Å². The molecule has 3 unspecified atom stereocenters. The molecule has 180 valence electrons. The highest BCUT2D eigenvalue weighted by atomic mass is 16.6. The van der Waals surface area contributed by atoms with E-state index in [1.807, 2.05) is 32.9 Å². The number of nitrogens with zero attached hydrogens (tertiary/aromatic N) is 1. The van der Waals surface area contributed by atoms with Crippen molar-refractivity contribution in [1.82, 2.24) is 15.5 Å². The molecule has 0 aromatic heterocycles. The number of hydrogen-bond acceptors (Lipinski definition) is 5. The van der Waals surface area contributed by atoms with Gasteiger partial charge in [-0.25, -0.2) is 4.79 Å². The van der Waals surface area contributed by atoms with E-state index in [4.69, 9.17) is 4.74 Å². The third-order valence-electron chi connectivity index (χ3n) is 4.79. The molecule has 0 aliphatic carbocycles. The van der Waals surface area contributed by atoms with Crippen LogP contribution in [0.15, 0.2) is 24.3 Å². The molecule has 0 spiro atoms. The predicted octanol–water partition coefficient (Wildman–Crippen LogP) is 3.08. The Morgan fingerprint density at radius 1 is 1.09 bits per heavy atom. The zero-order chi connectivity index (χ0) is 24.5. The summed E-state index contributed by atoms with van der Waals surface area (Å²) in [5, 5.41) is 15.1. The first kappa shape index (κ1) is 27.4. The van der Waals surface area contributed by atoms with Crippen LogP contribution in [0.2, 0.25) is 0 Å². The maximum atomic E-state index is 13.3. The van der Waals surface area contributed by atoms with Gasteiger partial charge in [0.2, 0.25) is 11.8 Å². The molecule has 0 bridgehead atoms. The molecule has 0 heterocycles. The number of aliphatic hydroxyl groups is 1. The fourth-order valence-electron chi connectivity index (χ4n) is 3.32. The van der Waals surface area contributed by atoms with Crippen LogP contribution in [0.4, 0.5) is 4.79 Å². The normalized spacial score (nSPS) is 14.1. The minimum absolute atomic E-state index is 0.0622. The molecule has 3 atom stereocenters. The van der Waals surface area contributed by atoms with Crippen LogP contribution in [-0.2, 0) is 14.3 Å². The maximum Gasteiger partial charge on any atom is 0.408 e. The summed E-state index contributed by atoms with van der Waals surface area (Å²) >= 11 is 0. The second-order valence-electron chi connectivity index (χ2n) is 9.13. The molecule has 1 aromatic carbocycles. The Labute approximate surface area is 191 Å². The number of rotatable bonds is 10. The summed E-state index contributed by atoms with van der Waals surface area (Å²) in [6, 6.07) is 5.37. The molecular formula is C24H39N3O5. The van der Waals surface area contributed by atoms with Crippen LogP contribution in [0.5, 0.6) is 0 Å². The Bertz CT molecular complexity index is 758. The Morgan fingerprint density at radius 3 is 2.19 bits per heavy atom. The lowest BCUT2D eigenvalue weighted by atomic mass is 10.0. The first-order valence-corrected chi connectivity index (χ1v) is 11.2. The minimum atomic E-state index is -0.954. The second-order valence-corrected chi connectivity index (χ2v) is 9.13. The van der Waals surface area contributed by atoms with E-state index in [1.165, 1.54) is 11.8 Å². The van der Waals surface area contributed by atoms with E-state index in [-0.39, 0.29) is 25.1 Å². The Balaban J connectivity index is 3.21. The molecule has 0 aliphatic heterocycles. The Kier molecular flexibility index (Phi) is 10.7. The molecule has 0 saturated carbocycles. The lowest BCUT2D eigenvalue weighted by Gasteiger charge is -2.34. The third kappa shape index (κ3) is 8.86. The second kappa shape index (κ2) is 12.4. The summed E-state index contributed by atoms with van der Waals surface area (Å²) in [4.78, 5) is 40.0. The lowest BCUT2D eigenvalue weighted by Crippen LogP contribution is -2.53. The number of carbonyl (C=O) groups is 3. The van der Waals surface area contributed by atoms with Gasteiger partial charge in [-0.15, -0.1) is 0 Å². The van der Waals surface area contributed by atoms with Crippen LogP contribution >= 0.6 is 0 Å². The minimum Gasteiger partial charge on any atom is -0.444 e. The van der Waals surface area contributed by atoms with E-state index in [1.54, 1.807) is 32.9 Å². The van der Waals surface area contributed by atoms with Crippen molar-refractivity contribution in [3.05, 3.63) is 35.4 Å². The largest absolute Gasteiger partial charge is 0.444 e. The molecule has 0 saturated heterocycles. The molecule has 0 fully saturated rings. The fourth-order valence-corrected chi connectivity index (χ4v) is 3.32. The van der Waals surface area contributed by atoms with Gasteiger partial charge in [-0.3, -0.25) is 9.59 Å². The number of benzene rings is 1. The van der Waals surface area contributed by atoms with Crippen molar-refractivity contribution >= 4 is 17.9 Å². The summed E-state index contributed by atoms with van der Waals surface area (Å²) in [6.07, 6.45) is 0.985. The lowest BCUT2D eigenvalue weighted by molar-refractivity contribution is -0.143. The van der Waals surface area contributed by atoms with Crippen molar-refractivity contribution in [3.8, 4) is 0 Å². The van der Waals surface area contributed by atoms with Crippen molar-refractivity contribution < 1.29 is 24.2 Å². The van der Waals surface area contributed by atoms with E-state index in [0.29, 0.717) is 5.56 Å². The van der Waals surface area contributed by atoms with Crippen LogP contribution in [0.25, 0.3) is 0 Å². The first-order valence-electron chi connectivity index (χ1n) is 11.2. The number of amides is 3. The molecule has 0 aliphatic rings. The molecule has 32 heavy (non-hydrogen) atoms. The smallest absolute Gasteiger partial charge is 0.408 e. The van der Waals surface area contributed by atoms with Gasteiger partial charge in [0, 0.05) is 12.6 Å². The van der Waals surface area contributed by atoms with Crippen molar-refractivity contribution in [2.75, 3.05) is 13.2 Å². The molecule has 8 nitrogen and oxygen atoms in total. The van der Waals surface area contributed by atoms with Gasteiger partial charge < -0.3 is 25.4 Å². The maximum absolute atomic E-state index is 13.3. The van der Waals surface area contributed by atoms with Crippen LogP contribution in [0.3, 0.4) is 0 Å². The number of aryl methyl sites for hydroxylation is 1. The molecule has 0 radical (unpaired) electrons. The monoisotopic (exact) mass is 449 g/mol. The number of nitrogens with one attached hydrogen (secondary N) is 2. The third-order valence-corrected chi connectivity index (χ3v) is 4.79. The zero-order valence-corrected chi connectivity index (χ0v) is 20.4. The van der Waals surface area contributed by atoms with Crippen LogP contribution in [-0.4, -0.2) is 58.8 Å². The van der Waals surface area contributed by atoms with Crippen LogP contribution in [0, 0.1) is 6.92 Å². The van der Waals surface area contributed by atoms with Gasteiger partial charge in [-0.05, 0) is 53.5 Å². The van der Waals surface area contributed by atoms with E-state index in [9.17, 15) is 19.5 Å². The highest BCUT2D eigenvalue weighted by Gasteiger charge is 2.34. The van der Waals surface area contributed by atoms with Gasteiger partial charge in [-0.2, -0.15) is 0 Å².